The number of rotatable bonds is 7. The van der Waals surface area contributed by atoms with Gasteiger partial charge in [-0.05, 0) is 24.5 Å². The minimum atomic E-state index is -0.772. The van der Waals surface area contributed by atoms with Gasteiger partial charge < -0.3 is 19.7 Å². The standard InChI is InChI=1S/C19H28N2O4/c1-15-6-4-5-7-17(15)8-9-20-18(23)12-19(14-24-3)13-21(16(2)22)10-11-25-19/h4-7H,8-14H2,1-3H3,(H,20,23). The first-order chi connectivity index (χ1) is 12.0. The molecule has 0 saturated carbocycles. The van der Waals surface area contributed by atoms with Crippen LogP contribution < -0.4 is 5.32 Å². The van der Waals surface area contributed by atoms with Gasteiger partial charge in [0.25, 0.3) is 0 Å². The molecular weight excluding hydrogens is 320 g/mol. The summed E-state index contributed by atoms with van der Waals surface area (Å²) in [6.45, 7) is 5.80. The fourth-order valence-electron chi connectivity index (χ4n) is 3.20. The van der Waals surface area contributed by atoms with Crippen LogP contribution in [0.15, 0.2) is 24.3 Å². The molecule has 2 amide bonds. The van der Waals surface area contributed by atoms with Gasteiger partial charge in [0.15, 0.2) is 0 Å². The number of amides is 2. The third-order valence-corrected chi connectivity index (χ3v) is 4.56. The molecule has 2 rings (SSSR count). The first kappa shape index (κ1) is 19.4. The molecule has 1 aliphatic rings. The molecule has 0 radical (unpaired) electrons. The summed E-state index contributed by atoms with van der Waals surface area (Å²) >= 11 is 0. The van der Waals surface area contributed by atoms with Crippen molar-refractivity contribution in [1.82, 2.24) is 10.2 Å². The molecule has 0 spiro atoms. The monoisotopic (exact) mass is 348 g/mol. The Labute approximate surface area is 149 Å². The molecule has 1 heterocycles. The van der Waals surface area contributed by atoms with Crippen LogP contribution >= 0.6 is 0 Å². The molecule has 6 heteroatoms. The molecule has 6 nitrogen and oxygen atoms in total. The Morgan fingerprint density at radius 1 is 1.36 bits per heavy atom. The highest BCUT2D eigenvalue weighted by atomic mass is 16.5. The maximum Gasteiger partial charge on any atom is 0.223 e. The fourth-order valence-corrected chi connectivity index (χ4v) is 3.20. The molecule has 138 valence electrons. The fraction of sp³-hybridized carbons (Fsp3) is 0.579. The molecule has 1 aromatic rings. The van der Waals surface area contributed by atoms with Crippen LogP contribution in [0.5, 0.6) is 0 Å². The van der Waals surface area contributed by atoms with E-state index >= 15 is 0 Å². The Morgan fingerprint density at radius 2 is 2.12 bits per heavy atom. The molecule has 1 unspecified atom stereocenters. The number of carbonyl (C=O) groups excluding carboxylic acids is 2. The van der Waals surface area contributed by atoms with E-state index in [9.17, 15) is 9.59 Å². The van der Waals surface area contributed by atoms with Crippen molar-refractivity contribution < 1.29 is 19.1 Å². The Bertz CT molecular complexity index is 601. The number of nitrogens with zero attached hydrogens (tertiary/aromatic N) is 1. The van der Waals surface area contributed by atoms with Crippen molar-refractivity contribution >= 4 is 11.8 Å². The van der Waals surface area contributed by atoms with Gasteiger partial charge in [-0.3, -0.25) is 9.59 Å². The van der Waals surface area contributed by atoms with Crippen molar-refractivity contribution in [2.75, 3.05) is 40.0 Å². The van der Waals surface area contributed by atoms with Crippen molar-refractivity contribution in [3.8, 4) is 0 Å². The van der Waals surface area contributed by atoms with Gasteiger partial charge in [0.05, 0.1) is 26.2 Å². The molecule has 1 N–H and O–H groups in total. The summed E-state index contributed by atoms with van der Waals surface area (Å²) in [5, 5.41) is 2.95. The Morgan fingerprint density at radius 3 is 2.80 bits per heavy atom. The highest BCUT2D eigenvalue weighted by Gasteiger charge is 2.39. The first-order valence-corrected chi connectivity index (χ1v) is 8.65. The van der Waals surface area contributed by atoms with Gasteiger partial charge in [-0.2, -0.15) is 0 Å². The van der Waals surface area contributed by atoms with Crippen LogP contribution in [-0.4, -0.2) is 62.3 Å². The van der Waals surface area contributed by atoms with Crippen molar-refractivity contribution in [3.05, 3.63) is 35.4 Å². The average Bonchev–Trinajstić information content (AvgIpc) is 2.57. The van der Waals surface area contributed by atoms with Gasteiger partial charge in [-0.1, -0.05) is 24.3 Å². The van der Waals surface area contributed by atoms with Gasteiger partial charge in [0.1, 0.15) is 5.60 Å². The van der Waals surface area contributed by atoms with E-state index in [1.54, 1.807) is 12.0 Å². The molecule has 25 heavy (non-hydrogen) atoms. The summed E-state index contributed by atoms with van der Waals surface area (Å²) in [6.07, 6.45) is 0.967. The molecule has 1 aliphatic heterocycles. The molecule has 0 bridgehead atoms. The molecule has 0 aliphatic carbocycles. The summed E-state index contributed by atoms with van der Waals surface area (Å²) < 4.78 is 11.1. The van der Waals surface area contributed by atoms with E-state index in [1.165, 1.54) is 18.1 Å². The van der Waals surface area contributed by atoms with E-state index < -0.39 is 5.60 Å². The number of aryl methyl sites for hydroxylation is 1. The van der Waals surface area contributed by atoms with E-state index in [2.05, 4.69) is 24.4 Å². The number of nitrogens with one attached hydrogen (secondary N) is 1. The minimum absolute atomic E-state index is 0.0104. The second kappa shape index (κ2) is 8.97. The van der Waals surface area contributed by atoms with Crippen LogP contribution in [0, 0.1) is 6.92 Å². The number of benzene rings is 1. The Balaban J connectivity index is 1.89. The summed E-state index contributed by atoms with van der Waals surface area (Å²) in [5.41, 5.74) is 1.68. The molecule has 1 fully saturated rings. The molecule has 1 atom stereocenters. The first-order valence-electron chi connectivity index (χ1n) is 8.65. The van der Waals surface area contributed by atoms with E-state index in [0.717, 1.165) is 6.42 Å². The average molecular weight is 348 g/mol. The summed E-state index contributed by atoms with van der Waals surface area (Å²) in [4.78, 5) is 25.8. The zero-order valence-electron chi connectivity index (χ0n) is 15.3. The quantitative estimate of drug-likeness (QED) is 0.807. The lowest BCUT2D eigenvalue weighted by atomic mass is 9.97. The van der Waals surface area contributed by atoms with Crippen LogP contribution in [0.25, 0.3) is 0 Å². The second-order valence-electron chi connectivity index (χ2n) is 6.61. The number of carbonyl (C=O) groups is 2. The maximum absolute atomic E-state index is 12.4. The van der Waals surface area contributed by atoms with Gasteiger partial charge in [0.2, 0.25) is 11.8 Å². The predicted octanol–water partition coefficient (Wildman–Crippen LogP) is 1.31. The third-order valence-electron chi connectivity index (χ3n) is 4.56. The van der Waals surface area contributed by atoms with Gasteiger partial charge in [0, 0.05) is 27.1 Å². The Kier molecular flexibility index (Phi) is 6.96. The van der Waals surface area contributed by atoms with Crippen molar-refractivity contribution in [3.63, 3.8) is 0 Å². The lowest BCUT2D eigenvalue weighted by Crippen LogP contribution is -2.57. The topological polar surface area (TPSA) is 67.9 Å². The van der Waals surface area contributed by atoms with E-state index in [-0.39, 0.29) is 24.8 Å². The van der Waals surface area contributed by atoms with E-state index in [0.29, 0.717) is 26.2 Å². The highest BCUT2D eigenvalue weighted by Crippen LogP contribution is 2.23. The van der Waals surface area contributed by atoms with Gasteiger partial charge in [-0.15, -0.1) is 0 Å². The summed E-state index contributed by atoms with van der Waals surface area (Å²) in [6, 6.07) is 8.15. The summed E-state index contributed by atoms with van der Waals surface area (Å²) in [5.74, 6) is -0.0974. The van der Waals surface area contributed by atoms with E-state index in [1.807, 2.05) is 12.1 Å². The van der Waals surface area contributed by atoms with Crippen LogP contribution in [0.3, 0.4) is 0 Å². The Hall–Kier alpha value is -1.92. The van der Waals surface area contributed by atoms with Gasteiger partial charge >= 0.3 is 0 Å². The van der Waals surface area contributed by atoms with Crippen LogP contribution in [0.2, 0.25) is 0 Å². The number of methoxy groups -OCH3 is 1. The number of hydrogen-bond donors (Lipinski definition) is 1. The zero-order valence-corrected chi connectivity index (χ0v) is 15.3. The van der Waals surface area contributed by atoms with Gasteiger partial charge in [-0.25, -0.2) is 0 Å². The minimum Gasteiger partial charge on any atom is -0.382 e. The van der Waals surface area contributed by atoms with Crippen LogP contribution in [0.4, 0.5) is 0 Å². The van der Waals surface area contributed by atoms with Crippen LogP contribution in [0.1, 0.15) is 24.5 Å². The summed E-state index contributed by atoms with van der Waals surface area (Å²) in [7, 11) is 1.58. The lowest BCUT2D eigenvalue weighted by Gasteiger charge is -2.41. The molecule has 1 aromatic carbocycles. The highest BCUT2D eigenvalue weighted by molar-refractivity contribution is 5.78. The molecule has 1 saturated heterocycles. The zero-order chi connectivity index (χ0) is 18.3. The molecular formula is C19H28N2O4. The molecule has 0 aromatic heterocycles. The number of ether oxygens (including phenoxy) is 2. The second-order valence-corrected chi connectivity index (χ2v) is 6.61. The number of morpholine rings is 1. The third kappa shape index (κ3) is 5.54. The normalized spacial score (nSPS) is 20.4. The number of hydrogen-bond acceptors (Lipinski definition) is 4. The van der Waals surface area contributed by atoms with Crippen molar-refractivity contribution in [2.45, 2.75) is 32.3 Å². The smallest absolute Gasteiger partial charge is 0.223 e. The van der Waals surface area contributed by atoms with Crippen molar-refractivity contribution in [2.24, 2.45) is 0 Å². The largest absolute Gasteiger partial charge is 0.382 e. The van der Waals surface area contributed by atoms with Crippen LogP contribution in [-0.2, 0) is 25.5 Å². The lowest BCUT2D eigenvalue weighted by molar-refractivity contribution is -0.165. The maximum atomic E-state index is 12.4. The predicted molar refractivity (Wildman–Crippen MR) is 95.3 cm³/mol. The SMILES string of the molecule is COCC1(CC(=O)NCCc2ccccc2C)CN(C(C)=O)CCO1. The van der Waals surface area contributed by atoms with Crippen molar-refractivity contribution in [1.29, 1.82) is 0 Å². The van der Waals surface area contributed by atoms with E-state index in [4.69, 9.17) is 9.47 Å².